The fourth-order valence-corrected chi connectivity index (χ4v) is 14.0. The van der Waals surface area contributed by atoms with E-state index in [2.05, 4.69) is 33.8 Å². The molecule has 0 amide bonds. The lowest BCUT2D eigenvalue weighted by atomic mass is 9.47. The van der Waals surface area contributed by atoms with E-state index in [-0.39, 0.29) is 16.9 Å². The molecule has 26 atom stereocenters. The number of hydrogen-bond acceptors (Lipinski definition) is 17. The molecule has 9 rings (SSSR count). The zero-order chi connectivity index (χ0) is 44.2. The van der Waals surface area contributed by atoms with Crippen LogP contribution in [-0.2, 0) is 37.9 Å². The van der Waals surface area contributed by atoms with Gasteiger partial charge in [-0.25, -0.2) is 0 Å². The van der Waals surface area contributed by atoms with E-state index in [4.69, 9.17) is 37.9 Å². The Morgan fingerprint density at radius 1 is 0.677 bits per heavy atom. The minimum atomic E-state index is -1.83. The van der Waals surface area contributed by atoms with Gasteiger partial charge in [0.15, 0.2) is 24.7 Å². The van der Waals surface area contributed by atoms with Crippen molar-refractivity contribution < 1.29 is 83.9 Å². The maximum atomic E-state index is 11.6. The molecule has 1 spiro atoms. The van der Waals surface area contributed by atoms with Crippen LogP contribution >= 0.6 is 0 Å². The molecular weight excluding hydrogens is 812 g/mol. The smallest absolute Gasteiger partial charge is 0.187 e. The van der Waals surface area contributed by atoms with Gasteiger partial charge in [0.05, 0.1) is 38.1 Å². The van der Waals surface area contributed by atoms with Gasteiger partial charge in [-0.3, -0.25) is 0 Å². The lowest BCUT2D eigenvalue weighted by molar-refractivity contribution is -0.394. The molecule has 24 unspecified atom stereocenters. The number of aliphatic hydroxyl groups excluding tert-OH is 9. The average molecular weight is 885 g/mol. The van der Waals surface area contributed by atoms with Crippen molar-refractivity contribution in [3.63, 3.8) is 0 Å². The maximum Gasteiger partial charge on any atom is 0.187 e. The molecule has 5 saturated heterocycles. The number of rotatable bonds is 8. The molecule has 9 aliphatic rings. The monoisotopic (exact) mass is 884 g/mol. The Bertz CT molecular complexity index is 1610. The van der Waals surface area contributed by atoms with Crippen molar-refractivity contribution in [3.05, 3.63) is 11.6 Å². The van der Waals surface area contributed by atoms with Crippen LogP contribution < -0.4 is 0 Å². The second-order valence-electron chi connectivity index (χ2n) is 21.1. The van der Waals surface area contributed by atoms with Gasteiger partial charge in [-0.2, -0.15) is 0 Å². The van der Waals surface area contributed by atoms with Gasteiger partial charge >= 0.3 is 0 Å². The highest BCUT2D eigenvalue weighted by molar-refractivity contribution is 5.26. The summed E-state index contributed by atoms with van der Waals surface area (Å²) in [6.07, 6.45) is -12.4. The first-order valence-electron chi connectivity index (χ1n) is 23.4. The lowest BCUT2D eigenvalue weighted by Crippen LogP contribution is -2.67. The second kappa shape index (κ2) is 17.3. The maximum absolute atomic E-state index is 11.6. The predicted molar refractivity (Wildman–Crippen MR) is 214 cm³/mol. The minimum absolute atomic E-state index is 0.0518. The van der Waals surface area contributed by atoms with Crippen molar-refractivity contribution in [1.82, 2.24) is 0 Å². The van der Waals surface area contributed by atoms with Crippen LogP contribution in [0.2, 0.25) is 0 Å². The summed E-state index contributed by atoms with van der Waals surface area (Å²) in [5.41, 5.74) is 1.45. The third-order valence-corrected chi connectivity index (χ3v) is 17.7. The van der Waals surface area contributed by atoms with Crippen LogP contribution in [0.4, 0.5) is 0 Å². The van der Waals surface area contributed by atoms with E-state index in [1.807, 2.05) is 0 Å². The van der Waals surface area contributed by atoms with Gasteiger partial charge < -0.3 is 83.9 Å². The highest BCUT2D eigenvalue weighted by Gasteiger charge is 2.69. The fourth-order valence-electron chi connectivity index (χ4n) is 14.0. The van der Waals surface area contributed by atoms with Crippen LogP contribution in [0.5, 0.6) is 0 Å². The van der Waals surface area contributed by atoms with E-state index < -0.39 is 117 Å². The van der Waals surface area contributed by atoms with Gasteiger partial charge in [-0.1, -0.05) is 39.3 Å². The Morgan fingerprint density at radius 3 is 2.03 bits per heavy atom. The summed E-state index contributed by atoms with van der Waals surface area (Å²) < 4.78 is 50.3. The zero-order valence-corrected chi connectivity index (χ0v) is 36.6. The van der Waals surface area contributed by atoms with Crippen molar-refractivity contribution in [2.45, 2.75) is 203 Å². The lowest BCUT2D eigenvalue weighted by Gasteiger charge is -2.59. The Balaban J connectivity index is 0.941. The fraction of sp³-hybridized carbons (Fsp3) is 0.956. The minimum Gasteiger partial charge on any atom is -0.394 e. The van der Waals surface area contributed by atoms with Crippen LogP contribution in [0.25, 0.3) is 0 Å². The Kier molecular flexibility index (Phi) is 12.9. The normalized spacial score (nSPS) is 57.6. The summed E-state index contributed by atoms with van der Waals surface area (Å²) >= 11 is 0. The Morgan fingerprint density at radius 2 is 1.34 bits per heavy atom. The molecule has 0 aromatic rings. The van der Waals surface area contributed by atoms with Gasteiger partial charge in [0.2, 0.25) is 0 Å². The number of ether oxygens (including phenoxy) is 8. The summed E-state index contributed by atoms with van der Waals surface area (Å²) in [4.78, 5) is 0. The van der Waals surface area contributed by atoms with Gasteiger partial charge in [0.1, 0.15) is 67.1 Å². The quantitative estimate of drug-likeness (QED) is 0.148. The Hall–Kier alpha value is -0.940. The van der Waals surface area contributed by atoms with Crippen molar-refractivity contribution >= 4 is 0 Å². The summed E-state index contributed by atoms with van der Waals surface area (Å²) in [6.45, 7) is 10.4. The third-order valence-electron chi connectivity index (χ3n) is 17.7. The largest absolute Gasteiger partial charge is 0.394 e. The third kappa shape index (κ3) is 7.49. The number of fused-ring (bicyclic) bond motifs is 7. The molecule has 354 valence electrons. The topological polar surface area (TPSA) is 256 Å². The molecule has 5 heterocycles. The van der Waals surface area contributed by atoms with E-state index in [9.17, 15) is 46.0 Å². The second-order valence-corrected chi connectivity index (χ2v) is 21.1. The number of allylic oxidation sites excluding steroid dienone is 1. The molecule has 8 fully saturated rings. The van der Waals surface area contributed by atoms with Crippen LogP contribution in [0.15, 0.2) is 11.6 Å². The van der Waals surface area contributed by atoms with Crippen LogP contribution in [0.1, 0.15) is 92.4 Å². The van der Waals surface area contributed by atoms with E-state index in [1.54, 1.807) is 0 Å². The molecule has 5 aliphatic heterocycles. The van der Waals surface area contributed by atoms with Gasteiger partial charge in [-0.05, 0) is 98.7 Å². The Labute approximate surface area is 363 Å². The first kappa shape index (κ1) is 46.2. The first-order chi connectivity index (χ1) is 29.4. The van der Waals surface area contributed by atoms with Gasteiger partial charge in [0.25, 0.3) is 0 Å². The first-order valence-corrected chi connectivity index (χ1v) is 23.4. The molecule has 62 heavy (non-hydrogen) atoms. The molecule has 0 radical (unpaired) electrons. The van der Waals surface area contributed by atoms with Crippen molar-refractivity contribution in [2.75, 3.05) is 19.8 Å². The molecule has 0 bridgehead atoms. The molecule has 9 N–H and O–H groups in total. The standard InChI is InChI=1S/C45H72O17/c1-19-8-13-45(55-18-19)20(2)30-27(62-45)15-26-24-7-6-22-14-23(9-11-43(22,4)25(24)10-12-44(26,30)5)57-42-39(61-41-37(54)35(52)32(49)28(16-46)58-41)38(33(50)29(17-47)59-42)60-40-36(53)34(51)31(48)21(3)56-40/h6,19-21,23-42,46-54H,7-18H2,1-5H3/t19?,20-,21?,23?,24?,25?,26?,27?,28?,29?,30?,31?,32?,33?,34?,35?,36?,37?,38?,39?,40?,41?,42?,43?,44?,45+/m0/s1. The van der Waals surface area contributed by atoms with Crippen molar-refractivity contribution in [1.29, 1.82) is 0 Å². The molecule has 0 aromatic carbocycles. The van der Waals surface area contributed by atoms with Crippen molar-refractivity contribution in [2.24, 2.45) is 46.3 Å². The number of hydrogen-bond donors (Lipinski definition) is 9. The highest BCUT2D eigenvalue weighted by atomic mass is 16.8. The molecule has 17 nitrogen and oxygen atoms in total. The summed E-state index contributed by atoms with van der Waals surface area (Å²) in [6, 6.07) is 0. The highest BCUT2D eigenvalue weighted by Crippen LogP contribution is 2.70. The number of aliphatic hydroxyl groups is 9. The average Bonchev–Trinajstić information content (AvgIpc) is 3.70. The molecular formula is C45H72O17. The van der Waals surface area contributed by atoms with E-state index in [0.29, 0.717) is 48.3 Å². The molecule has 17 heteroatoms. The summed E-state index contributed by atoms with van der Waals surface area (Å²) in [7, 11) is 0. The van der Waals surface area contributed by atoms with Crippen molar-refractivity contribution in [3.8, 4) is 0 Å². The van der Waals surface area contributed by atoms with E-state index >= 15 is 0 Å². The zero-order valence-electron chi connectivity index (χ0n) is 36.6. The van der Waals surface area contributed by atoms with Crippen LogP contribution in [-0.4, -0.2) is 176 Å². The summed E-state index contributed by atoms with van der Waals surface area (Å²) in [5.74, 6) is 2.51. The molecule has 4 aliphatic carbocycles. The van der Waals surface area contributed by atoms with Gasteiger partial charge in [-0.15, -0.1) is 0 Å². The summed E-state index contributed by atoms with van der Waals surface area (Å²) in [5, 5.41) is 95.8. The van der Waals surface area contributed by atoms with E-state index in [1.165, 1.54) is 12.5 Å². The predicted octanol–water partition coefficient (Wildman–Crippen LogP) is 0.214. The van der Waals surface area contributed by atoms with Gasteiger partial charge in [0, 0.05) is 12.3 Å². The van der Waals surface area contributed by atoms with Crippen LogP contribution in [0.3, 0.4) is 0 Å². The SMILES string of the molecule is CC1CC[C@@]2(OC1)OC1CC3C4CC=C5CC(OC6OC(CO)C(O)C(OC7OC(C)C(O)C(O)C7O)C6OC6OC(CO)C(O)C(O)C6O)CCC5(C)C4CCC3(C)C1[C@@H]2C. The van der Waals surface area contributed by atoms with E-state index in [0.717, 1.165) is 51.6 Å². The van der Waals surface area contributed by atoms with Crippen LogP contribution in [0, 0.1) is 46.3 Å². The molecule has 0 aromatic heterocycles. The molecule has 3 saturated carbocycles.